The minimum absolute atomic E-state index is 0.0480. The van der Waals surface area contributed by atoms with Gasteiger partial charge in [-0.15, -0.1) is 0 Å². The molecule has 2 aromatic carbocycles. The van der Waals surface area contributed by atoms with Crippen molar-refractivity contribution in [2.75, 3.05) is 45.8 Å². The van der Waals surface area contributed by atoms with E-state index < -0.39 is 0 Å². The van der Waals surface area contributed by atoms with E-state index in [4.69, 9.17) is 23.2 Å². The fourth-order valence-corrected chi connectivity index (χ4v) is 5.04. The van der Waals surface area contributed by atoms with Gasteiger partial charge in [0.2, 0.25) is 5.91 Å². The molecule has 0 bridgehead atoms. The molecule has 0 aliphatic carbocycles. The van der Waals surface area contributed by atoms with E-state index in [9.17, 15) is 4.79 Å². The highest BCUT2D eigenvalue weighted by Crippen LogP contribution is 2.34. The number of rotatable bonds is 5. The van der Waals surface area contributed by atoms with Gasteiger partial charge in [0.05, 0.1) is 12.6 Å². The van der Waals surface area contributed by atoms with Gasteiger partial charge < -0.3 is 4.90 Å². The van der Waals surface area contributed by atoms with Crippen molar-refractivity contribution in [1.29, 1.82) is 0 Å². The van der Waals surface area contributed by atoms with Gasteiger partial charge in [-0.1, -0.05) is 60.5 Å². The molecule has 1 unspecified atom stereocenters. The number of hydrogen-bond acceptors (Lipinski definition) is 3. The third kappa shape index (κ3) is 5.61. The number of benzene rings is 2. The molecule has 2 heterocycles. The lowest BCUT2D eigenvalue weighted by Crippen LogP contribution is -2.52. The van der Waals surface area contributed by atoms with E-state index in [1.807, 2.05) is 35.2 Å². The summed E-state index contributed by atoms with van der Waals surface area (Å²) in [5, 5.41) is 1.49. The van der Waals surface area contributed by atoms with Crippen LogP contribution in [0.25, 0.3) is 0 Å². The van der Waals surface area contributed by atoms with Crippen LogP contribution in [0.3, 0.4) is 0 Å². The maximum absolute atomic E-state index is 12.9. The van der Waals surface area contributed by atoms with E-state index in [0.717, 1.165) is 60.8 Å². The van der Waals surface area contributed by atoms with Crippen molar-refractivity contribution in [2.45, 2.75) is 25.8 Å². The Morgan fingerprint density at radius 3 is 2.23 bits per heavy atom. The molecule has 2 aliphatic rings. The quantitative estimate of drug-likeness (QED) is 0.631. The summed E-state index contributed by atoms with van der Waals surface area (Å²) in [6.07, 6.45) is 2.39. The van der Waals surface area contributed by atoms with Crippen LogP contribution in [-0.2, 0) is 4.79 Å². The molecular weight excluding hydrogens is 429 g/mol. The molecule has 0 aromatic heterocycles. The zero-order valence-corrected chi connectivity index (χ0v) is 19.7. The summed E-state index contributed by atoms with van der Waals surface area (Å²) in [5.74, 6) is 1.04. The predicted octanol–water partition coefficient (Wildman–Crippen LogP) is 4.96. The van der Waals surface area contributed by atoms with Crippen LogP contribution in [0.1, 0.15) is 36.9 Å². The molecule has 4 nitrogen and oxygen atoms in total. The van der Waals surface area contributed by atoms with Crippen molar-refractivity contribution >= 4 is 29.1 Å². The first kappa shape index (κ1) is 22.6. The summed E-state index contributed by atoms with van der Waals surface area (Å²) in [4.78, 5) is 19.7. The number of halogens is 2. The second-order valence-corrected chi connectivity index (χ2v) is 9.69. The van der Waals surface area contributed by atoms with Crippen molar-refractivity contribution in [3.05, 3.63) is 69.7 Å². The largest absolute Gasteiger partial charge is 0.339 e. The van der Waals surface area contributed by atoms with Gasteiger partial charge in [0.25, 0.3) is 0 Å². The Morgan fingerprint density at radius 1 is 0.935 bits per heavy atom. The van der Waals surface area contributed by atoms with Gasteiger partial charge in [0, 0.05) is 36.2 Å². The van der Waals surface area contributed by atoms with Crippen molar-refractivity contribution in [3.63, 3.8) is 0 Å². The first-order valence-corrected chi connectivity index (χ1v) is 12.0. The van der Waals surface area contributed by atoms with Crippen LogP contribution in [0, 0.1) is 5.92 Å². The topological polar surface area (TPSA) is 26.8 Å². The maximum atomic E-state index is 12.9. The third-order valence-corrected chi connectivity index (χ3v) is 7.25. The highest BCUT2D eigenvalue weighted by atomic mass is 35.5. The Morgan fingerprint density at radius 2 is 1.58 bits per heavy atom. The van der Waals surface area contributed by atoms with Crippen LogP contribution in [0.5, 0.6) is 0 Å². The van der Waals surface area contributed by atoms with E-state index in [0.29, 0.717) is 6.54 Å². The molecule has 4 rings (SSSR count). The molecule has 6 heteroatoms. The average molecular weight is 460 g/mol. The van der Waals surface area contributed by atoms with Crippen LogP contribution in [0.4, 0.5) is 0 Å². The first-order valence-electron chi connectivity index (χ1n) is 11.3. The molecule has 0 saturated carbocycles. The maximum Gasteiger partial charge on any atom is 0.236 e. The summed E-state index contributed by atoms with van der Waals surface area (Å²) >= 11 is 12.7. The zero-order valence-electron chi connectivity index (χ0n) is 18.1. The van der Waals surface area contributed by atoms with Crippen molar-refractivity contribution < 1.29 is 4.79 Å². The third-order valence-electron chi connectivity index (χ3n) is 6.65. The van der Waals surface area contributed by atoms with E-state index in [1.54, 1.807) is 0 Å². The number of piperidine rings is 1. The van der Waals surface area contributed by atoms with Gasteiger partial charge in [-0.3, -0.25) is 14.6 Å². The summed E-state index contributed by atoms with van der Waals surface area (Å²) in [6, 6.07) is 16.1. The van der Waals surface area contributed by atoms with Crippen LogP contribution < -0.4 is 0 Å². The number of carbonyl (C=O) groups excluding carboxylic acids is 1. The molecule has 31 heavy (non-hydrogen) atoms. The van der Waals surface area contributed by atoms with Crippen LogP contribution >= 0.6 is 23.2 Å². The molecule has 0 N–H and O–H groups in total. The van der Waals surface area contributed by atoms with Crippen LogP contribution in [0.2, 0.25) is 10.0 Å². The van der Waals surface area contributed by atoms with E-state index in [2.05, 4.69) is 34.9 Å². The van der Waals surface area contributed by atoms with Crippen molar-refractivity contribution in [2.24, 2.45) is 5.92 Å². The minimum Gasteiger partial charge on any atom is -0.339 e. The Hall–Kier alpha value is -1.59. The molecular formula is C25H31Cl2N3O. The molecule has 2 fully saturated rings. The van der Waals surface area contributed by atoms with Crippen molar-refractivity contribution in [3.8, 4) is 0 Å². The smallest absolute Gasteiger partial charge is 0.236 e. The van der Waals surface area contributed by atoms with Crippen molar-refractivity contribution in [1.82, 2.24) is 14.7 Å². The Labute approximate surface area is 195 Å². The molecule has 0 spiro atoms. The number of amides is 1. The SMILES string of the molecule is CC1CCN(CC(=O)N2CCN(C(c3ccc(Cl)cc3)c3ccccc3Cl)CC2)CC1. The van der Waals surface area contributed by atoms with Gasteiger partial charge in [0.15, 0.2) is 0 Å². The molecule has 0 radical (unpaired) electrons. The lowest BCUT2D eigenvalue weighted by atomic mass is 9.96. The lowest BCUT2D eigenvalue weighted by molar-refractivity contribution is -0.134. The first-order chi connectivity index (χ1) is 15.0. The normalized spacial score (nSPS) is 20.0. The molecule has 166 valence electrons. The Bertz CT molecular complexity index is 873. The van der Waals surface area contributed by atoms with Gasteiger partial charge >= 0.3 is 0 Å². The van der Waals surface area contributed by atoms with Crippen LogP contribution in [-0.4, -0.2) is 66.4 Å². The van der Waals surface area contributed by atoms with E-state index in [1.165, 1.54) is 18.4 Å². The van der Waals surface area contributed by atoms with Gasteiger partial charge in [-0.25, -0.2) is 0 Å². The number of hydrogen-bond donors (Lipinski definition) is 0. The number of piperazine rings is 1. The second kappa shape index (κ2) is 10.4. The average Bonchev–Trinajstić information content (AvgIpc) is 2.78. The predicted molar refractivity (Wildman–Crippen MR) is 128 cm³/mol. The molecule has 2 aliphatic heterocycles. The van der Waals surface area contributed by atoms with E-state index in [-0.39, 0.29) is 11.9 Å². The highest BCUT2D eigenvalue weighted by molar-refractivity contribution is 6.31. The van der Waals surface area contributed by atoms with E-state index >= 15 is 0 Å². The van der Waals surface area contributed by atoms with Gasteiger partial charge in [-0.2, -0.15) is 0 Å². The highest BCUT2D eigenvalue weighted by Gasteiger charge is 2.30. The summed E-state index contributed by atoms with van der Waals surface area (Å²) in [6.45, 7) is 8.07. The summed E-state index contributed by atoms with van der Waals surface area (Å²) in [5.41, 5.74) is 2.26. The Balaban J connectivity index is 1.43. The van der Waals surface area contributed by atoms with Gasteiger partial charge in [0.1, 0.15) is 0 Å². The molecule has 1 amide bonds. The summed E-state index contributed by atoms with van der Waals surface area (Å²) in [7, 11) is 0. The molecule has 1 atom stereocenters. The lowest BCUT2D eigenvalue weighted by Gasteiger charge is -2.40. The monoisotopic (exact) mass is 459 g/mol. The summed E-state index contributed by atoms with van der Waals surface area (Å²) < 4.78 is 0. The molecule has 2 saturated heterocycles. The van der Waals surface area contributed by atoms with Gasteiger partial charge in [-0.05, 0) is 61.2 Å². The fraction of sp³-hybridized carbons (Fsp3) is 0.480. The fourth-order valence-electron chi connectivity index (χ4n) is 4.67. The number of nitrogens with zero attached hydrogens (tertiary/aromatic N) is 3. The number of carbonyl (C=O) groups is 1. The Kier molecular flexibility index (Phi) is 7.55. The second-order valence-electron chi connectivity index (χ2n) is 8.85. The van der Waals surface area contributed by atoms with Crippen LogP contribution in [0.15, 0.2) is 48.5 Å². The standard InChI is InChI=1S/C25H31Cl2N3O/c1-19-10-12-28(13-11-19)18-24(31)29-14-16-30(17-15-29)25(20-6-8-21(26)9-7-20)22-4-2-3-5-23(22)27/h2-9,19,25H,10-18H2,1H3. The number of likely N-dealkylation sites (tertiary alicyclic amines) is 1. The zero-order chi connectivity index (χ0) is 21.8. The minimum atomic E-state index is 0.0480. The molecule has 2 aromatic rings.